The van der Waals surface area contributed by atoms with Crippen LogP contribution < -0.4 is 0 Å². The SMILES string of the molecule is [CH2]c1cn2cccc(C)c2n1. The van der Waals surface area contributed by atoms with E-state index in [0.717, 1.165) is 11.3 Å². The number of aryl methyl sites for hydroxylation is 1. The third kappa shape index (κ3) is 0.909. The van der Waals surface area contributed by atoms with Crippen LogP contribution in [0.25, 0.3) is 5.65 Å². The van der Waals surface area contributed by atoms with Crippen LogP contribution in [0.3, 0.4) is 0 Å². The number of imidazole rings is 1. The number of rotatable bonds is 0. The van der Waals surface area contributed by atoms with Gasteiger partial charge >= 0.3 is 0 Å². The minimum Gasteiger partial charge on any atom is -0.307 e. The van der Waals surface area contributed by atoms with Crippen molar-refractivity contribution in [3.05, 3.63) is 42.7 Å². The Morgan fingerprint density at radius 3 is 3.09 bits per heavy atom. The molecule has 0 fully saturated rings. The molecule has 1 radical (unpaired) electrons. The number of fused-ring (bicyclic) bond motifs is 1. The maximum atomic E-state index is 4.26. The monoisotopic (exact) mass is 145 g/mol. The Bertz CT molecular complexity index is 387. The van der Waals surface area contributed by atoms with Gasteiger partial charge in [-0.1, -0.05) is 6.07 Å². The molecule has 11 heavy (non-hydrogen) atoms. The maximum Gasteiger partial charge on any atom is 0.139 e. The fraction of sp³-hybridized carbons (Fsp3) is 0.111. The van der Waals surface area contributed by atoms with Crippen LogP contribution in [0, 0.1) is 13.8 Å². The van der Waals surface area contributed by atoms with Gasteiger partial charge in [0.1, 0.15) is 5.65 Å². The Morgan fingerprint density at radius 1 is 1.55 bits per heavy atom. The van der Waals surface area contributed by atoms with Crippen molar-refractivity contribution in [3.63, 3.8) is 0 Å². The van der Waals surface area contributed by atoms with Gasteiger partial charge in [-0.2, -0.15) is 0 Å². The molecule has 0 aliphatic rings. The van der Waals surface area contributed by atoms with E-state index in [0.29, 0.717) is 0 Å². The lowest BCUT2D eigenvalue weighted by atomic mass is 10.3. The zero-order chi connectivity index (χ0) is 7.84. The second-order valence-electron chi connectivity index (χ2n) is 2.65. The highest BCUT2D eigenvalue weighted by Gasteiger charge is 1.97. The predicted octanol–water partition coefficient (Wildman–Crippen LogP) is 1.82. The van der Waals surface area contributed by atoms with E-state index in [1.165, 1.54) is 5.56 Å². The molecule has 0 atom stereocenters. The molecule has 2 nitrogen and oxygen atoms in total. The summed E-state index contributed by atoms with van der Waals surface area (Å²) in [6.45, 7) is 5.81. The Balaban J connectivity index is 2.90. The first kappa shape index (κ1) is 6.40. The molecule has 0 N–H and O–H groups in total. The molecule has 2 rings (SSSR count). The van der Waals surface area contributed by atoms with Crippen molar-refractivity contribution in [2.24, 2.45) is 0 Å². The number of pyridine rings is 1. The highest BCUT2D eigenvalue weighted by atomic mass is 15.0. The molecule has 55 valence electrons. The second kappa shape index (κ2) is 2.09. The van der Waals surface area contributed by atoms with Crippen LogP contribution in [0.5, 0.6) is 0 Å². The lowest BCUT2D eigenvalue weighted by molar-refractivity contribution is 1.16. The fourth-order valence-corrected chi connectivity index (χ4v) is 1.20. The van der Waals surface area contributed by atoms with E-state index in [9.17, 15) is 0 Å². The first-order valence-electron chi connectivity index (χ1n) is 3.53. The molecular weight excluding hydrogens is 136 g/mol. The van der Waals surface area contributed by atoms with Crippen molar-refractivity contribution in [3.8, 4) is 0 Å². The van der Waals surface area contributed by atoms with E-state index < -0.39 is 0 Å². The van der Waals surface area contributed by atoms with E-state index in [1.54, 1.807) is 0 Å². The van der Waals surface area contributed by atoms with Gasteiger partial charge < -0.3 is 4.40 Å². The van der Waals surface area contributed by atoms with Gasteiger partial charge in [0.25, 0.3) is 0 Å². The van der Waals surface area contributed by atoms with Crippen LogP contribution in [0.2, 0.25) is 0 Å². The number of hydrogen-bond acceptors (Lipinski definition) is 1. The van der Waals surface area contributed by atoms with Gasteiger partial charge in [0.15, 0.2) is 0 Å². The number of nitrogens with zero attached hydrogens (tertiary/aromatic N) is 2. The summed E-state index contributed by atoms with van der Waals surface area (Å²) in [5.74, 6) is 0. The minimum absolute atomic E-state index is 0.819. The summed E-state index contributed by atoms with van der Waals surface area (Å²) in [7, 11) is 0. The summed E-state index contributed by atoms with van der Waals surface area (Å²) in [6.07, 6.45) is 3.90. The van der Waals surface area contributed by atoms with E-state index >= 15 is 0 Å². The molecule has 0 saturated heterocycles. The van der Waals surface area contributed by atoms with Crippen molar-refractivity contribution >= 4 is 5.65 Å². The van der Waals surface area contributed by atoms with Crippen LogP contribution in [0.15, 0.2) is 24.5 Å². The number of hydrogen-bond donors (Lipinski definition) is 0. The first-order chi connectivity index (χ1) is 5.27. The Labute approximate surface area is 65.5 Å². The molecule has 2 heterocycles. The summed E-state index contributed by atoms with van der Waals surface area (Å²) >= 11 is 0. The lowest BCUT2D eigenvalue weighted by Gasteiger charge is -1.93. The van der Waals surface area contributed by atoms with Crippen molar-refractivity contribution in [1.29, 1.82) is 0 Å². The summed E-state index contributed by atoms with van der Waals surface area (Å²) in [5, 5.41) is 0. The second-order valence-corrected chi connectivity index (χ2v) is 2.65. The largest absolute Gasteiger partial charge is 0.307 e. The molecule has 0 bridgehead atoms. The zero-order valence-electron chi connectivity index (χ0n) is 6.41. The molecule has 0 aliphatic carbocycles. The standard InChI is InChI=1S/C9H9N2/c1-7-4-3-5-11-6-8(2)10-9(7)11/h3-6H,2H2,1H3. The average Bonchev–Trinajstić information content (AvgIpc) is 2.31. The molecule has 2 aromatic heterocycles. The first-order valence-corrected chi connectivity index (χ1v) is 3.53. The van der Waals surface area contributed by atoms with Gasteiger partial charge in [0.2, 0.25) is 0 Å². The van der Waals surface area contributed by atoms with Crippen LogP contribution in [0.1, 0.15) is 11.3 Å². The van der Waals surface area contributed by atoms with Gasteiger partial charge in [-0.25, -0.2) is 4.98 Å². The smallest absolute Gasteiger partial charge is 0.139 e. The van der Waals surface area contributed by atoms with Crippen LogP contribution >= 0.6 is 0 Å². The fourth-order valence-electron chi connectivity index (χ4n) is 1.20. The van der Waals surface area contributed by atoms with Crippen LogP contribution in [0.4, 0.5) is 0 Å². The third-order valence-electron chi connectivity index (χ3n) is 1.73. The molecule has 0 amide bonds. The summed E-state index contributed by atoms with van der Waals surface area (Å²) < 4.78 is 1.98. The van der Waals surface area contributed by atoms with Gasteiger partial charge in [-0.05, 0) is 25.5 Å². The average molecular weight is 145 g/mol. The van der Waals surface area contributed by atoms with Crippen molar-refractivity contribution in [2.45, 2.75) is 6.92 Å². The quantitative estimate of drug-likeness (QED) is 0.552. The molecule has 0 aromatic carbocycles. The van der Waals surface area contributed by atoms with E-state index in [2.05, 4.69) is 11.9 Å². The summed E-state index contributed by atoms with van der Waals surface area (Å²) in [5.41, 5.74) is 3.00. The van der Waals surface area contributed by atoms with Crippen molar-refractivity contribution in [1.82, 2.24) is 9.38 Å². The Kier molecular flexibility index (Phi) is 1.22. The maximum absolute atomic E-state index is 4.26. The van der Waals surface area contributed by atoms with Gasteiger partial charge in [-0.15, -0.1) is 0 Å². The summed E-state index contributed by atoms with van der Waals surface area (Å²) in [6, 6.07) is 4.05. The molecule has 2 heteroatoms. The molecule has 0 saturated carbocycles. The topological polar surface area (TPSA) is 17.3 Å². The van der Waals surface area contributed by atoms with E-state index in [1.807, 2.05) is 35.9 Å². The predicted molar refractivity (Wildman–Crippen MR) is 44.4 cm³/mol. The molecule has 0 aliphatic heterocycles. The molecule has 0 unspecified atom stereocenters. The Morgan fingerprint density at radius 2 is 2.36 bits per heavy atom. The van der Waals surface area contributed by atoms with E-state index in [-0.39, 0.29) is 0 Å². The highest BCUT2D eigenvalue weighted by Crippen LogP contribution is 2.08. The molecule has 0 spiro atoms. The molecule has 2 aromatic rings. The van der Waals surface area contributed by atoms with Gasteiger partial charge in [0.05, 0.1) is 5.69 Å². The summed E-state index contributed by atoms with van der Waals surface area (Å²) in [4.78, 5) is 4.26. The van der Waals surface area contributed by atoms with E-state index in [4.69, 9.17) is 0 Å². The van der Waals surface area contributed by atoms with Gasteiger partial charge in [-0.3, -0.25) is 0 Å². The van der Waals surface area contributed by atoms with Gasteiger partial charge in [0, 0.05) is 12.4 Å². The van der Waals surface area contributed by atoms with Crippen LogP contribution in [-0.4, -0.2) is 9.38 Å². The minimum atomic E-state index is 0.819. The lowest BCUT2D eigenvalue weighted by Crippen LogP contribution is -1.83. The highest BCUT2D eigenvalue weighted by molar-refractivity contribution is 5.48. The van der Waals surface area contributed by atoms with Crippen molar-refractivity contribution < 1.29 is 0 Å². The van der Waals surface area contributed by atoms with Crippen molar-refractivity contribution in [2.75, 3.05) is 0 Å². The zero-order valence-corrected chi connectivity index (χ0v) is 6.41. The molecular formula is C9H9N2. The number of aromatic nitrogens is 2. The normalized spacial score (nSPS) is 10.7. The third-order valence-corrected chi connectivity index (χ3v) is 1.73. The Hall–Kier alpha value is -1.31. The van der Waals surface area contributed by atoms with Crippen LogP contribution in [-0.2, 0) is 0 Å².